The third kappa shape index (κ3) is 3.27. The van der Waals surface area contributed by atoms with E-state index >= 15 is 0 Å². The summed E-state index contributed by atoms with van der Waals surface area (Å²) in [4.78, 5) is 25.3. The molecule has 1 aliphatic carbocycles. The van der Waals surface area contributed by atoms with Gasteiger partial charge in [0.15, 0.2) is 5.78 Å². The van der Waals surface area contributed by atoms with Crippen LogP contribution >= 0.6 is 15.9 Å². The van der Waals surface area contributed by atoms with Crippen molar-refractivity contribution in [3.05, 3.63) is 91.3 Å². The van der Waals surface area contributed by atoms with Crippen molar-refractivity contribution in [2.75, 3.05) is 4.90 Å². The number of nitriles is 1. The standard InChI is InChI=1S/C22H17BrN4O3/c23-14-6-10-15(11-7-14)26-18-2-1-3-19(28)21(18)20(17(12-24)22(26)25)13-4-8-16(9-5-13)27(29)30/h4-11,20H,1-3,25H2/t20-/m1/s1. The van der Waals surface area contributed by atoms with Gasteiger partial charge in [0.1, 0.15) is 5.82 Å². The highest BCUT2D eigenvalue weighted by atomic mass is 79.9. The van der Waals surface area contributed by atoms with Gasteiger partial charge >= 0.3 is 0 Å². The summed E-state index contributed by atoms with van der Waals surface area (Å²) in [5.41, 5.74) is 9.43. The van der Waals surface area contributed by atoms with E-state index < -0.39 is 10.8 Å². The number of ketones is 1. The van der Waals surface area contributed by atoms with Crippen molar-refractivity contribution >= 4 is 33.1 Å². The molecule has 0 fully saturated rings. The van der Waals surface area contributed by atoms with Crippen molar-refractivity contribution in [1.29, 1.82) is 5.26 Å². The number of nitrogens with zero attached hydrogens (tertiary/aromatic N) is 3. The van der Waals surface area contributed by atoms with Gasteiger partial charge in [-0.25, -0.2) is 0 Å². The molecule has 2 aromatic carbocycles. The van der Waals surface area contributed by atoms with Crippen molar-refractivity contribution in [2.24, 2.45) is 5.73 Å². The molecule has 0 bridgehead atoms. The van der Waals surface area contributed by atoms with Gasteiger partial charge in [0.25, 0.3) is 5.69 Å². The highest BCUT2D eigenvalue weighted by molar-refractivity contribution is 9.10. The Morgan fingerprint density at radius 3 is 2.40 bits per heavy atom. The number of halogens is 1. The number of nitro groups is 1. The molecular weight excluding hydrogens is 448 g/mol. The third-order valence-electron chi connectivity index (χ3n) is 5.44. The highest BCUT2D eigenvalue weighted by Gasteiger charge is 2.40. The molecule has 0 radical (unpaired) electrons. The van der Waals surface area contributed by atoms with Crippen LogP contribution in [0.4, 0.5) is 11.4 Å². The molecule has 0 amide bonds. The van der Waals surface area contributed by atoms with E-state index in [1.165, 1.54) is 12.1 Å². The number of hydrogen-bond donors (Lipinski definition) is 1. The molecule has 30 heavy (non-hydrogen) atoms. The summed E-state index contributed by atoms with van der Waals surface area (Å²) < 4.78 is 0.906. The number of hydrogen-bond acceptors (Lipinski definition) is 6. The number of allylic oxidation sites excluding steroid dienone is 3. The molecule has 0 spiro atoms. The SMILES string of the molecule is N#CC1=C(N)N(c2ccc(Br)cc2)C2=C(C(=O)CCC2)[C@@H]1c1ccc([N+](=O)[O-])cc1. The number of rotatable bonds is 3. The van der Waals surface area contributed by atoms with Crippen LogP contribution < -0.4 is 10.6 Å². The predicted molar refractivity (Wildman–Crippen MR) is 115 cm³/mol. The Morgan fingerprint density at radius 1 is 1.13 bits per heavy atom. The molecular formula is C22H17BrN4O3. The summed E-state index contributed by atoms with van der Waals surface area (Å²) in [6.07, 6.45) is 1.75. The first-order chi connectivity index (χ1) is 14.4. The molecule has 1 heterocycles. The van der Waals surface area contributed by atoms with Crippen LogP contribution in [0.25, 0.3) is 0 Å². The fourth-order valence-corrected chi connectivity index (χ4v) is 4.36. The zero-order valence-electron chi connectivity index (χ0n) is 15.8. The Hall–Kier alpha value is -3.44. The molecule has 8 heteroatoms. The highest BCUT2D eigenvalue weighted by Crippen LogP contribution is 2.46. The first kappa shape index (κ1) is 19.9. The van der Waals surface area contributed by atoms with Crippen molar-refractivity contribution < 1.29 is 9.72 Å². The summed E-state index contributed by atoms with van der Waals surface area (Å²) in [6.45, 7) is 0. The van der Waals surface area contributed by atoms with Crippen molar-refractivity contribution in [3.63, 3.8) is 0 Å². The third-order valence-corrected chi connectivity index (χ3v) is 5.96. The number of benzene rings is 2. The Morgan fingerprint density at radius 2 is 1.80 bits per heavy atom. The van der Waals surface area contributed by atoms with Gasteiger partial charge in [0, 0.05) is 40.0 Å². The number of anilines is 1. The summed E-state index contributed by atoms with van der Waals surface area (Å²) >= 11 is 3.42. The number of nitrogens with two attached hydrogens (primary N) is 1. The second-order valence-electron chi connectivity index (χ2n) is 7.14. The zero-order valence-corrected chi connectivity index (χ0v) is 17.4. The van der Waals surface area contributed by atoms with Gasteiger partial charge in [-0.2, -0.15) is 5.26 Å². The van der Waals surface area contributed by atoms with Gasteiger partial charge in [-0.05, 0) is 42.7 Å². The number of nitro benzene ring substituents is 1. The van der Waals surface area contributed by atoms with Gasteiger partial charge in [-0.1, -0.05) is 28.1 Å². The maximum absolute atomic E-state index is 13.0. The van der Waals surface area contributed by atoms with Crippen LogP contribution in [0.2, 0.25) is 0 Å². The van der Waals surface area contributed by atoms with Crippen LogP contribution in [0.15, 0.2) is 75.7 Å². The second kappa shape index (κ2) is 7.76. The quantitative estimate of drug-likeness (QED) is 0.521. The summed E-state index contributed by atoms with van der Waals surface area (Å²) in [5, 5.41) is 21.0. The Kier molecular flexibility index (Phi) is 5.14. The number of Topliss-reactive ketones (excluding diaryl/α,β-unsaturated/α-hetero) is 1. The number of carbonyl (C=O) groups is 1. The molecule has 1 atom stereocenters. The molecule has 2 aliphatic rings. The minimum Gasteiger partial charge on any atom is -0.384 e. The topological polar surface area (TPSA) is 113 Å². The Bertz CT molecular complexity index is 1140. The molecule has 0 unspecified atom stereocenters. The van der Waals surface area contributed by atoms with Crippen molar-refractivity contribution in [3.8, 4) is 6.07 Å². The van der Waals surface area contributed by atoms with Gasteiger partial charge in [0.05, 0.1) is 22.5 Å². The van der Waals surface area contributed by atoms with Gasteiger partial charge in [-0.15, -0.1) is 0 Å². The molecule has 0 saturated heterocycles. The van der Waals surface area contributed by atoms with Gasteiger partial charge < -0.3 is 5.73 Å². The molecule has 0 aromatic heterocycles. The summed E-state index contributed by atoms with van der Waals surface area (Å²) in [6, 6.07) is 15.6. The second-order valence-corrected chi connectivity index (χ2v) is 8.06. The molecule has 4 rings (SSSR count). The summed E-state index contributed by atoms with van der Waals surface area (Å²) in [7, 11) is 0. The average Bonchev–Trinajstić information content (AvgIpc) is 2.74. The van der Waals surface area contributed by atoms with Crippen LogP contribution in [0.5, 0.6) is 0 Å². The smallest absolute Gasteiger partial charge is 0.269 e. The first-order valence-corrected chi connectivity index (χ1v) is 10.2. The van der Waals surface area contributed by atoms with Crippen molar-refractivity contribution in [1.82, 2.24) is 0 Å². The zero-order chi connectivity index (χ0) is 21.4. The Balaban J connectivity index is 1.92. The molecule has 150 valence electrons. The van der Waals surface area contributed by atoms with E-state index in [-0.39, 0.29) is 22.9 Å². The van der Waals surface area contributed by atoms with Crippen molar-refractivity contribution in [2.45, 2.75) is 25.2 Å². The maximum atomic E-state index is 13.0. The lowest BCUT2D eigenvalue weighted by atomic mass is 9.75. The molecule has 1 aliphatic heterocycles. The molecule has 2 aromatic rings. The fourth-order valence-electron chi connectivity index (χ4n) is 4.09. The average molecular weight is 465 g/mol. The van der Waals surface area contributed by atoms with Gasteiger partial charge in [0.2, 0.25) is 0 Å². The predicted octanol–water partition coefficient (Wildman–Crippen LogP) is 4.66. The minimum atomic E-state index is -0.634. The number of non-ortho nitro benzene ring substituents is 1. The lowest BCUT2D eigenvalue weighted by Crippen LogP contribution is -2.38. The van der Waals surface area contributed by atoms with Crippen LogP contribution in [-0.4, -0.2) is 10.7 Å². The van der Waals surface area contributed by atoms with Crippen LogP contribution in [-0.2, 0) is 4.79 Å². The van der Waals surface area contributed by atoms with Crippen LogP contribution in [0.3, 0.4) is 0 Å². The van der Waals surface area contributed by atoms with E-state index in [0.29, 0.717) is 30.4 Å². The first-order valence-electron chi connectivity index (χ1n) is 9.38. The Labute approximate surface area is 181 Å². The van der Waals surface area contributed by atoms with E-state index in [1.54, 1.807) is 17.0 Å². The summed E-state index contributed by atoms with van der Waals surface area (Å²) in [5.74, 6) is -0.385. The minimum absolute atomic E-state index is 0.0260. The van der Waals surface area contributed by atoms with Gasteiger partial charge in [-0.3, -0.25) is 19.8 Å². The molecule has 2 N–H and O–H groups in total. The molecule has 7 nitrogen and oxygen atoms in total. The largest absolute Gasteiger partial charge is 0.384 e. The lowest BCUT2D eigenvalue weighted by Gasteiger charge is -2.39. The van der Waals surface area contributed by atoms with E-state index in [1.807, 2.05) is 24.3 Å². The van der Waals surface area contributed by atoms with Crippen LogP contribution in [0.1, 0.15) is 30.7 Å². The maximum Gasteiger partial charge on any atom is 0.269 e. The van der Waals surface area contributed by atoms with E-state index in [4.69, 9.17) is 5.73 Å². The normalized spacial score (nSPS) is 18.9. The fraction of sp³-hybridized carbons (Fsp3) is 0.182. The number of carbonyl (C=O) groups excluding carboxylic acids is 1. The lowest BCUT2D eigenvalue weighted by molar-refractivity contribution is -0.384. The van der Waals surface area contributed by atoms with E-state index in [9.17, 15) is 20.2 Å². The van der Waals surface area contributed by atoms with E-state index in [0.717, 1.165) is 15.9 Å². The van der Waals surface area contributed by atoms with E-state index in [2.05, 4.69) is 22.0 Å². The molecule has 0 saturated carbocycles. The van der Waals surface area contributed by atoms with Crippen LogP contribution in [0, 0.1) is 21.4 Å². The monoisotopic (exact) mass is 464 g/mol.